The fourth-order valence-corrected chi connectivity index (χ4v) is 5.26. The summed E-state index contributed by atoms with van der Waals surface area (Å²) in [6.07, 6.45) is -0.914. The molecule has 1 unspecified atom stereocenters. The van der Waals surface area contributed by atoms with Gasteiger partial charge in [0, 0.05) is 31.8 Å². The predicted octanol–water partition coefficient (Wildman–Crippen LogP) is 3.47. The molecule has 1 N–H and O–H groups in total. The average molecular weight is 524 g/mol. The van der Waals surface area contributed by atoms with Gasteiger partial charge in [0.25, 0.3) is 0 Å². The maximum absolute atomic E-state index is 14.4. The normalized spacial score (nSPS) is 21.2. The summed E-state index contributed by atoms with van der Waals surface area (Å²) in [4.78, 5) is 16.4. The highest BCUT2D eigenvalue weighted by Crippen LogP contribution is 2.35. The highest BCUT2D eigenvalue weighted by Gasteiger charge is 2.43. The van der Waals surface area contributed by atoms with E-state index in [2.05, 4.69) is 45.9 Å². The molecule has 0 aromatic heterocycles. The van der Waals surface area contributed by atoms with Crippen LogP contribution in [0.3, 0.4) is 0 Å². The monoisotopic (exact) mass is 523 g/mol. The molecule has 1 aliphatic heterocycles. The molecule has 2 rings (SSSR count). The fourth-order valence-electron chi connectivity index (χ4n) is 2.70. The summed E-state index contributed by atoms with van der Waals surface area (Å²) >= 11 is 3.25. The summed E-state index contributed by atoms with van der Waals surface area (Å²) in [5.41, 5.74) is -1.40. The second kappa shape index (κ2) is 9.33. The zero-order chi connectivity index (χ0) is 22.7. The van der Waals surface area contributed by atoms with Crippen molar-refractivity contribution in [2.45, 2.75) is 38.1 Å². The molecule has 30 heavy (non-hydrogen) atoms. The number of nitrogens with one attached hydrogen (secondary N) is 1. The largest absolute Gasteiger partial charge is 0.416 e. The first-order chi connectivity index (χ1) is 13.7. The number of aliphatic imine (C=N–C) groups is 1. The van der Waals surface area contributed by atoms with E-state index in [9.17, 15) is 17.6 Å². The number of hydrogen-bond donors (Lipinski definition) is 1. The third-order valence-electron chi connectivity index (χ3n) is 4.50. The number of sulfonamides is 1. The Morgan fingerprint density at radius 1 is 1.40 bits per heavy atom. The van der Waals surface area contributed by atoms with Crippen LogP contribution in [-0.4, -0.2) is 59.1 Å². The summed E-state index contributed by atoms with van der Waals surface area (Å²) in [6.45, 7) is 8.53. The van der Waals surface area contributed by atoms with Gasteiger partial charge in [-0.15, -0.1) is 0 Å². The number of ether oxygens (including phenoxy) is 2. The van der Waals surface area contributed by atoms with Gasteiger partial charge < -0.3 is 9.47 Å². The van der Waals surface area contributed by atoms with Gasteiger partial charge in [0.1, 0.15) is 18.1 Å². The van der Waals surface area contributed by atoms with Gasteiger partial charge in [0.15, 0.2) is 0 Å². The van der Waals surface area contributed by atoms with Gasteiger partial charge in [-0.1, -0.05) is 35.6 Å². The minimum atomic E-state index is -3.90. The Bertz CT molecular complexity index is 938. The molecule has 0 aliphatic carbocycles. The predicted molar refractivity (Wildman–Crippen MR) is 119 cm³/mol. The quantitative estimate of drug-likeness (QED) is 0.349. The molecule has 1 amide bonds. The Labute approximate surface area is 186 Å². The van der Waals surface area contributed by atoms with Gasteiger partial charge in [-0.25, -0.2) is 26.9 Å². The van der Waals surface area contributed by atoms with Crippen molar-refractivity contribution < 1.29 is 27.1 Å². The lowest BCUT2D eigenvalue weighted by Crippen LogP contribution is -2.49. The molecule has 168 valence electrons. The molecule has 1 aromatic rings. The zero-order valence-corrected chi connectivity index (χ0v) is 21.1. The van der Waals surface area contributed by atoms with E-state index in [-0.39, 0.29) is 12.3 Å². The Morgan fingerprint density at radius 2 is 2.07 bits per heavy atom. The molecule has 12 heteroatoms. The first-order valence-electron chi connectivity index (χ1n) is 9.29. The van der Waals surface area contributed by atoms with Crippen LogP contribution in [0, 0.1) is 5.82 Å². The number of benzene rings is 1. The van der Waals surface area contributed by atoms with E-state index in [0.29, 0.717) is 11.1 Å². The van der Waals surface area contributed by atoms with Gasteiger partial charge in [-0.2, -0.15) is 0 Å². The first kappa shape index (κ1) is 24.8. The second-order valence-electron chi connectivity index (χ2n) is 8.45. The fraction of sp³-hybridized carbons (Fsp3) is 0.556. The molecule has 0 bridgehead atoms. The Kier molecular flexibility index (Phi) is 7.70. The molecule has 1 atom stereocenters. The number of amidine groups is 1. The number of nitrogens with zero attached hydrogens (tertiary/aromatic N) is 2. The highest BCUT2D eigenvalue weighted by molar-refractivity contribution is 9.10. The smallest absolute Gasteiger partial charge is 0.375 e. The molecule has 1 heterocycles. The zero-order valence-electron chi connectivity index (χ0n) is 17.7. The molecule has 0 saturated heterocycles. The molecule has 8 nitrogen and oxygen atoms in total. The van der Waals surface area contributed by atoms with E-state index in [1.807, 2.05) is 0 Å². The summed E-state index contributed by atoms with van der Waals surface area (Å²) in [5, 5.41) is 2.40. The van der Waals surface area contributed by atoms with Gasteiger partial charge in [-0.3, -0.25) is 5.32 Å². The number of rotatable bonds is 6. The topological polar surface area (TPSA) is 97.3 Å². The minimum absolute atomic E-state index is 0.0738. The van der Waals surface area contributed by atoms with Crippen LogP contribution >= 0.6 is 15.9 Å². The number of carbonyl (C=O) groups excluding carboxylic acids is 1. The molecule has 0 fully saturated rings. The lowest BCUT2D eigenvalue weighted by molar-refractivity contribution is 0.118. The molecular formula is C18H27BrFN3O5SSi. The van der Waals surface area contributed by atoms with Gasteiger partial charge in [-0.05, 0) is 31.2 Å². The number of amides is 1. The Morgan fingerprint density at radius 3 is 2.70 bits per heavy atom. The third-order valence-corrected chi connectivity index (χ3v) is 8.62. The van der Waals surface area contributed by atoms with Crippen LogP contribution < -0.4 is 5.32 Å². The lowest BCUT2D eigenvalue weighted by Gasteiger charge is -2.34. The van der Waals surface area contributed by atoms with Crippen LogP contribution in [0.5, 0.6) is 0 Å². The maximum atomic E-state index is 14.4. The maximum Gasteiger partial charge on any atom is 0.416 e. The number of hydrogen-bond acceptors (Lipinski definition) is 6. The SMILES string of the molecule is CN1C(OC(=O)NCOCC[Si](C)(C)C)=NC(C)(c2cc(Br)ccc2F)CS1(=O)=O. The summed E-state index contributed by atoms with van der Waals surface area (Å²) in [7, 11) is -3.92. The van der Waals surface area contributed by atoms with Gasteiger partial charge >= 0.3 is 12.1 Å². The molecule has 1 aliphatic rings. The number of carbonyl (C=O) groups is 1. The summed E-state index contributed by atoms with van der Waals surface area (Å²) in [6, 6.07) is 4.68. The lowest BCUT2D eigenvalue weighted by atomic mass is 9.94. The highest BCUT2D eigenvalue weighted by atomic mass is 79.9. The number of alkyl carbamates (subject to hydrolysis) is 1. The Hall–Kier alpha value is -1.50. The van der Waals surface area contributed by atoms with Crippen molar-refractivity contribution in [2.75, 3.05) is 26.1 Å². The second-order valence-corrected chi connectivity index (χ2v) is 17.0. The molecule has 0 radical (unpaired) electrons. The molecular weight excluding hydrogens is 497 g/mol. The first-order valence-corrected chi connectivity index (χ1v) is 15.4. The van der Waals surface area contributed by atoms with Crippen molar-refractivity contribution in [1.29, 1.82) is 0 Å². The van der Waals surface area contributed by atoms with Crippen LogP contribution in [0.15, 0.2) is 27.7 Å². The average Bonchev–Trinajstić information content (AvgIpc) is 2.59. The van der Waals surface area contributed by atoms with Crippen molar-refractivity contribution in [3.8, 4) is 0 Å². The summed E-state index contributed by atoms with van der Waals surface area (Å²) < 4.78 is 51.5. The van der Waals surface area contributed by atoms with E-state index in [1.165, 1.54) is 32.2 Å². The van der Waals surface area contributed by atoms with E-state index in [1.54, 1.807) is 0 Å². The minimum Gasteiger partial charge on any atom is -0.375 e. The van der Waals surface area contributed by atoms with E-state index in [0.717, 1.165) is 10.3 Å². The third kappa shape index (κ3) is 6.50. The van der Waals surface area contributed by atoms with Gasteiger partial charge in [0.2, 0.25) is 10.0 Å². The molecule has 0 saturated carbocycles. The van der Waals surface area contributed by atoms with Crippen LogP contribution in [-0.2, 0) is 25.0 Å². The molecule has 1 aromatic carbocycles. The van der Waals surface area contributed by atoms with Crippen LogP contribution in [0.4, 0.5) is 9.18 Å². The standard InChI is InChI=1S/C18H27BrFN3O5SSi/c1-18(14-10-13(19)6-7-15(14)20)11-29(25,26)23(2)16(22-18)28-17(24)21-12-27-8-9-30(3,4)5/h6-7,10H,8-9,11-12H2,1-5H3,(H,21,24). The molecule has 0 spiro atoms. The van der Waals surface area contributed by atoms with E-state index < -0.39 is 47.3 Å². The summed E-state index contributed by atoms with van der Waals surface area (Å²) in [5.74, 6) is -1.08. The van der Waals surface area contributed by atoms with Crippen LogP contribution in [0.1, 0.15) is 12.5 Å². The van der Waals surface area contributed by atoms with E-state index >= 15 is 0 Å². The van der Waals surface area contributed by atoms with E-state index in [4.69, 9.17) is 9.47 Å². The van der Waals surface area contributed by atoms with Crippen molar-refractivity contribution in [2.24, 2.45) is 4.99 Å². The van der Waals surface area contributed by atoms with Crippen LogP contribution in [0.2, 0.25) is 25.7 Å². The Balaban J connectivity index is 2.15. The van der Waals surface area contributed by atoms with Crippen LogP contribution in [0.25, 0.3) is 0 Å². The van der Waals surface area contributed by atoms with Crippen molar-refractivity contribution >= 4 is 46.1 Å². The van der Waals surface area contributed by atoms with Crippen molar-refractivity contribution in [3.05, 3.63) is 34.1 Å². The van der Waals surface area contributed by atoms with Crippen molar-refractivity contribution in [3.63, 3.8) is 0 Å². The van der Waals surface area contributed by atoms with Gasteiger partial charge in [0.05, 0.1) is 5.75 Å². The van der Waals surface area contributed by atoms with Crippen molar-refractivity contribution in [1.82, 2.24) is 9.62 Å². The number of halogens is 2.